The van der Waals surface area contributed by atoms with Gasteiger partial charge in [-0.15, -0.1) is 0 Å². The minimum atomic E-state index is 0.524. The van der Waals surface area contributed by atoms with Gasteiger partial charge < -0.3 is 0 Å². The zero-order valence-corrected chi connectivity index (χ0v) is 14.9. The van der Waals surface area contributed by atoms with Gasteiger partial charge in [0.1, 0.15) is 0 Å². The molecule has 22 heavy (non-hydrogen) atoms. The Kier molecular flexibility index (Phi) is 6.06. The molecule has 0 saturated heterocycles. The second kappa shape index (κ2) is 7.81. The molecule has 1 aromatic carbocycles. The predicted molar refractivity (Wildman–Crippen MR) is 98.4 cm³/mol. The summed E-state index contributed by atoms with van der Waals surface area (Å²) >= 11 is 0. The van der Waals surface area contributed by atoms with Crippen LogP contribution in [0.4, 0.5) is 0 Å². The third-order valence-corrected chi connectivity index (χ3v) is 5.14. The molecule has 0 radical (unpaired) electrons. The Hall–Kier alpha value is -1.30. The highest BCUT2D eigenvalue weighted by Gasteiger charge is 2.26. The molecule has 2 rings (SSSR count). The maximum absolute atomic E-state index is 4.25. The highest BCUT2D eigenvalue weighted by atomic mass is 14.3. The molecule has 1 aliphatic carbocycles. The van der Waals surface area contributed by atoms with E-state index in [1.807, 2.05) is 0 Å². The molecule has 1 aromatic rings. The molecular weight excluding hydrogens is 264 g/mol. The van der Waals surface area contributed by atoms with Crippen LogP contribution in [0.1, 0.15) is 75.5 Å². The fraction of sp³-hybridized carbons (Fsp3) is 0.545. The first-order valence-corrected chi connectivity index (χ1v) is 8.95. The lowest BCUT2D eigenvalue weighted by Crippen LogP contribution is -2.17. The molecule has 0 spiro atoms. The minimum Gasteiger partial charge on any atom is -0.0998 e. The Labute approximate surface area is 137 Å². The SMILES string of the molecule is C=C(C)C1CCC(C)=CC1c1ccc(CCCCC)cc1C. The highest BCUT2D eigenvalue weighted by molar-refractivity contribution is 5.39. The van der Waals surface area contributed by atoms with Crippen molar-refractivity contribution in [1.29, 1.82) is 0 Å². The molecular formula is C22H32. The van der Waals surface area contributed by atoms with E-state index in [4.69, 9.17) is 0 Å². The second-order valence-corrected chi connectivity index (χ2v) is 7.18. The summed E-state index contributed by atoms with van der Waals surface area (Å²) in [6.07, 6.45) is 10.1. The number of hydrogen-bond donors (Lipinski definition) is 0. The standard InChI is InChI=1S/C22H32/c1-6-7-8-9-19-11-13-21(18(5)15-19)22-14-17(4)10-12-20(22)16(2)3/h11,13-15,20,22H,2,6-10,12H2,1,3-5H3. The van der Waals surface area contributed by atoms with Gasteiger partial charge in [-0.1, -0.05) is 61.8 Å². The van der Waals surface area contributed by atoms with Crippen LogP contribution in [0.15, 0.2) is 42.0 Å². The molecule has 0 amide bonds. The maximum atomic E-state index is 4.25. The van der Waals surface area contributed by atoms with Crippen LogP contribution >= 0.6 is 0 Å². The van der Waals surface area contributed by atoms with Crippen molar-refractivity contribution >= 4 is 0 Å². The van der Waals surface area contributed by atoms with E-state index in [1.165, 1.54) is 66.4 Å². The van der Waals surface area contributed by atoms with Crippen LogP contribution in [0, 0.1) is 12.8 Å². The summed E-state index contributed by atoms with van der Waals surface area (Å²) < 4.78 is 0. The number of allylic oxidation sites excluding steroid dienone is 3. The fourth-order valence-electron chi connectivity index (χ4n) is 3.77. The van der Waals surface area contributed by atoms with Crippen LogP contribution in [0.5, 0.6) is 0 Å². The number of rotatable bonds is 6. The average Bonchev–Trinajstić information content (AvgIpc) is 2.47. The van der Waals surface area contributed by atoms with Crippen LogP contribution in [0.25, 0.3) is 0 Å². The van der Waals surface area contributed by atoms with Crippen LogP contribution in [0.2, 0.25) is 0 Å². The molecule has 120 valence electrons. The third kappa shape index (κ3) is 4.12. The first-order chi connectivity index (χ1) is 10.5. The van der Waals surface area contributed by atoms with E-state index >= 15 is 0 Å². The lowest BCUT2D eigenvalue weighted by molar-refractivity contribution is 0.482. The zero-order chi connectivity index (χ0) is 16.1. The Balaban J connectivity index is 2.23. The zero-order valence-electron chi connectivity index (χ0n) is 14.9. The van der Waals surface area contributed by atoms with Gasteiger partial charge in [0.15, 0.2) is 0 Å². The summed E-state index contributed by atoms with van der Waals surface area (Å²) in [5.74, 6) is 1.13. The molecule has 0 bridgehead atoms. The Morgan fingerprint density at radius 1 is 1.23 bits per heavy atom. The average molecular weight is 296 g/mol. The van der Waals surface area contributed by atoms with E-state index in [0.717, 1.165) is 0 Å². The summed E-state index contributed by atoms with van der Waals surface area (Å²) in [6, 6.07) is 7.15. The van der Waals surface area contributed by atoms with Crippen molar-refractivity contribution in [3.63, 3.8) is 0 Å². The minimum absolute atomic E-state index is 0.524. The highest BCUT2D eigenvalue weighted by Crippen LogP contribution is 2.40. The van der Waals surface area contributed by atoms with E-state index < -0.39 is 0 Å². The van der Waals surface area contributed by atoms with Crippen LogP contribution in [-0.4, -0.2) is 0 Å². The van der Waals surface area contributed by atoms with Crippen LogP contribution in [0.3, 0.4) is 0 Å². The number of unbranched alkanes of at least 4 members (excludes halogenated alkanes) is 2. The fourth-order valence-corrected chi connectivity index (χ4v) is 3.77. The number of aryl methyl sites for hydroxylation is 2. The quantitative estimate of drug-likeness (QED) is 0.402. The van der Waals surface area contributed by atoms with Crippen molar-refractivity contribution in [1.82, 2.24) is 0 Å². The summed E-state index contributed by atoms with van der Waals surface area (Å²) in [4.78, 5) is 0. The van der Waals surface area contributed by atoms with Gasteiger partial charge in [0.2, 0.25) is 0 Å². The molecule has 0 heteroatoms. The molecule has 0 nitrogen and oxygen atoms in total. The monoisotopic (exact) mass is 296 g/mol. The number of hydrogen-bond acceptors (Lipinski definition) is 0. The van der Waals surface area contributed by atoms with Crippen molar-refractivity contribution in [3.8, 4) is 0 Å². The first kappa shape index (κ1) is 17.1. The van der Waals surface area contributed by atoms with Crippen molar-refractivity contribution in [2.24, 2.45) is 5.92 Å². The van der Waals surface area contributed by atoms with E-state index in [1.54, 1.807) is 0 Å². The summed E-state index contributed by atoms with van der Waals surface area (Å²) in [7, 11) is 0. The molecule has 1 aliphatic rings. The molecule has 2 unspecified atom stereocenters. The summed E-state index contributed by atoms with van der Waals surface area (Å²) in [5, 5.41) is 0. The molecule has 2 atom stereocenters. The van der Waals surface area contributed by atoms with Gasteiger partial charge in [0.05, 0.1) is 0 Å². The molecule has 0 fully saturated rings. The van der Waals surface area contributed by atoms with Crippen LogP contribution < -0.4 is 0 Å². The lowest BCUT2D eigenvalue weighted by atomic mass is 9.73. The smallest absolute Gasteiger partial charge is 0.00885 e. The van der Waals surface area contributed by atoms with Gasteiger partial charge in [-0.2, -0.15) is 0 Å². The summed E-state index contributed by atoms with van der Waals surface area (Å²) in [6.45, 7) is 13.3. The molecule has 0 heterocycles. The number of benzene rings is 1. The Bertz CT molecular complexity index is 547. The van der Waals surface area contributed by atoms with E-state index in [0.29, 0.717) is 11.8 Å². The van der Waals surface area contributed by atoms with Crippen molar-refractivity contribution in [2.75, 3.05) is 0 Å². The maximum Gasteiger partial charge on any atom is 0.00885 e. The topological polar surface area (TPSA) is 0 Å². The van der Waals surface area contributed by atoms with Crippen molar-refractivity contribution in [2.45, 2.75) is 72.1 Å². The first-order valence-electron chi connectivity index (χ1n) is 8.95. The van der Waals surface area contributed by atoms with Crippen LogP contribution in [-0.2, 0) is 6.42 Å². The molecule has 0 aliphatic heterocycles. The molecule has 0 N–H and O–H groups in total. The second-order valence-electron chi connectivity index (χ2n) is 7.18. The van der Waals surface area contributed by atoms with E-state index in [2.05, 4.69) is 58.5 Å². The van der Waals surface area contributed by atoms with Crippen molar-refractivity contribution in [3.05, 3.63) is 58.7 Å². The molecule has 0 saturated carbocycles. The van der Waals surface area contributed by atoms with Gasteiger partial charge in [0.25, 0.3) is 0 Å². The normalized spacial score (nSPS) is 21.5. The summed E-state index contributed by atoms with van der Waals surface area (Å²) in [5.41, 5.74) is 7.33. The van der Waals surface area contributed by atoms with E-state index in [9.17, 15) is 0 Å². The third-order valence-electron chi connectivity index (χ3n) is 5.14. The Morgan fingerprint density at radius 2 is 2.00 bits per heavy atom. The molecule has 0 aromatic heterocycles. The van der Waals surface area contributed by atoms with Gasteiger partial charge >= 0.3 is 0 Å². The largest absolute Gasteiger partial charge is 0.0998 e. The van der Waals surface area contributed by atoms with Crippen molar-refractivity contribution < 1.29 is 0 Å². The van der Waals surface area contributed by atoms with Gasteiger partial charge in [-0.05, 0) is 69.1 Å². The van der Waals surface area contributed by atoms with Gasteiger partial charge in [-0.25, -0.2) is 0 Å². The van der Waals surface area contributed by atoms with Gasteiger partial charge in [-0.3, -0.25) is 0 Å². The van der Waals surface area contributed by atoms with E-state index in [-0.39, 0.29) is 0 Å². The lowest BCUT2D eigenvalue weighted by Gasteiger charge is -2.31. The van der Waals surface area contributed by atoms with Gasteiger partial charge in [0, 0.05) is 5.92 Å². The predicted octanol–water partition coefficient (Wildman–Crippen LogP) is 6.74. The Morgan fingerprint density at radius 3 is 2.64 bits per heavy atom.